The first-order valence-electron chi connectivity index (χ1n) is 9.09. The largest absolute Gasteiger partial charge is 0.455 e. The molecule has 1 N–H and O–H groups in total. The number of carbonyl (C=O) groups excluding carboxylic acids is 2. The van der Waals surface area contributed by atoms with Crippen molar-refractivity contribution in [2.45, 2.75) is 32.6 Å². The zero-order valence-electron chi connectivity index (χ0n) is 15.8. The third-order valence-electron chi connectivity index (χ3n) is 4.35. The molecule has 0 bridgehead atoms. The number of ether oxygens (including phenoxy) is 1. The SMILES string of the molecule is CC[C@H](C)c1ccc(NC(=O)COC(=O)Cc2csc(-c3cccs3)n2)cc1. The Hall–Kier alpha value is -2.51. The Balaban J connectivity index is 1.44. The molecule has 5 nitrogen and oxygen atoms in total. The van der Waals surface area contributed by atoms with Gasteiger partial charge in [0.1, 0.15) is 5.01 Å². The van der Waals surface area contributed by atoms with Gasteiger partial charge in [-0.05, 0) is 41.5 Å². The van der Waals surface area contributed by atoms with E-state index in [1.54, 1.807) is 11.3 Å². The van der Waals surface area contributed by atoms with Crippen LogP contribution < -0.4 is 5.32 Å². The maximum atomic E-state index is 12.0. The number of rotatable bonds is 8. The summed E-state index contributed by atoms with van der Waals surface area (Å²) < 4.78 is 5.08. The fourth-order valence-electron chi connectivity index (χ4n) is 2.57. The molecule has 3 rings (SSSR count). The quantitative estimate of drug-likeness (QED) is 0.520. The Kier molecular flexibility index (Phi) is 6.95. The lowest BCUT2D eigenvalue weighted by Gasteiger charge is -2.10. The third-order valence-corrected chi connectivity index (χ3v) is 6.28. The second-order valence-electron chi connectivity index (χ2n) is 6.44. The van der Waals surface area contributed by atoms with Gasteiger partial charge in [-0.2, -0.15) is 0 Å². The van der Waals surface area contributed by atoms with E-state index in [2.05, 4.69) is 24.1 Å². The van der Waals surface area contributed by atoms with Crippen LogP contribution in [0.15, 0.2) is 47.2 Å². The lowest BCUT2D eigenvalue weighted by molar-refractivity contribution is -0.146. The monoisotopic (exact) mass is 414 g/mol. The maximum Gasteiger partial charge on any atom is 0.312 e. The number of nitrogens with zero attached hydrogens (tertiary/aromatic N) is 1. The van der Waals surface area contributed by atoms with Crippen LogP contribution in [0, 0.1) is 0 Å². The van der Waals surface area contributed by atoms with E-state index in [4.69, 9.17) is 4.74 Å². The maximum absolute atomic E-state index is 12.0. The van der Waals surface area contributed by atoms with Crippen molar-refractivity contribution in [3.8, 4) is 9.88 Å². The molecule has 1 amide bonds. The summed E-state index contributed by atoms with van der Waals surface area (Å²) in [5, 5.41) is 7.45. The number of thiazole rings is 1. The Morgan fingerprint density at radius 3 is 2.64 bits per heavy atom. The summed E-state index contributed by atoms with van der Waals surface area (Å²) in [5.74, 6) is -0.343. The summed E-state index contributed by atoms with van der Waals surface area (Å²) >= 11 is 3.10. The first-order chi connectivity index (χ1) is 13.5. The van der Waals surface area contributed by atoms with Gasteiger partial charge in [0, 0.05) is 11.1 Å². The molecule has 28 heavy (non-hydrogen) atoms. The number of hydrogen-bond acceptors (Lipinski definition) is 6. The van der Waals surface area contributed by atoms with Gasteiger partial charge in [-0.15, -0.1) is 22.7 Å². The summed E-state index contributed by atoms with van der Waals surface area (Å²) in [6.45, 7) is 4.00. The van der Waals surface area contributed by atoms with E-state index in [1.807, 2.05) is 47.2 Å². The highest BCUT2D eigenvalue weighted by Crippen LogP contribution is 2.28. The van der Waals surface area contributed by atoms with Crippen LogP contribution in [0.4, 0.5) is 5.69 Å². The van der Waals surface area contributed by atoms with Gasteiger partial charge in [0.15, 0.2) is 6.61 Å². The number of esters is 1. The highest BCUT2D eigenvalue weighted by molar-refractivity contribution is 7.20. The van der Waals surface area contributed by atoms with Crippen molar-refractivity contribution in [2.75, 3.05) is 11.9 Å². The van der Waals surface area contributed by atoms with Crippen molar-refractivity contribution in [1.82, 2.24) is 4.98 Å². The van der Waals surface area contributed by atoms with Gasteiger partial charge in [0.2, 0.25) is 0 Å². The van der Waals surface area contributed by atoms with Crippen LogP contribution in [0.25, 0.3) is 9.88 Å². The van der Waals surface area contributed by atoms with E-state index in [0.29, 0.717) is 17.3 Å². The Bertz CT molecular complexity index is 918. The summed E-state index contributed by atoms with van der Waals surface area (Å²) in [4.78, 5) is 29.5. The molecule has 0 fully saturated rings. The standard InChI is InChI=1S/C21H22N2O3S2/c1-3-14(2)15-6-8-16(9-7-15)22-19(24)12-26-20(25)11-17-13-28-21(23-17)18-5-4-10-27-18/h4-10,13-14H,3,11-12H2,1-2H3,(H,22,24)/t14-/m0/s1. The number of hydrogen-bond donors (Lipinski definition) is 1. The minimum atomic E-state index is -0.467. The lowest BCUT2D eigenvalue weighted by atomic mass is 9.99. The molecule has 1 aromatic carbocycles. The summed E-state index contributed by atoms with van der Waals surface area (Å²) in [5.41, 5.74) is 2.57. The average Bonchev–Trinajstić information content (AvgIpc) is 3.38. The van der Waals surface area contributed by atoms with Crippen LogP contribution in [0.2, 0.25) is 0 Å². The van der Waals surface area contributed by atoms with Crippen LogP contribution in [-0.2, 0) is 20.7 Å². The number of amides is 1. The molecule has 0 saturated carbocycles. The Morgan fingerprint density at radius 2 is 1.96 bits per heavy atom. The van der Waals surface area contributed by atoms with E-state index in [0.717, 1.165) is 16.3 Å². The zero-order chi connectivity index (χ0) is 19.9. The number of aromatic nitrogens is 1. The highest BCUT2D eigenvalue weighted by Gasteiger charge is 2.13. The number of carbonyl (C=O) groups is 2. The predicted octanol–water partition coefficient (Wildman–Crippen LogP) is 5.11. The van der Waals surface area contributed by atoms with Gasteiger partial charge < -0.3 is 10.1 Å². The van der Waals surface area contributed by atoms with Gasteiger partial charge in [-0.3, -0.25) is 9.59 Å². The smallest absolute Gasteiger partial charge is 0.312 e. The summed E-state index contributed by atoms with van der Waals surface area (Å²) in [6.07, 6.45) is 1.12. The molecule has 2 aromatic heterocycles. The predicted molar refractivity (Wildman–Crippen MR) is 114 cm³/mol. The fraction of sp³-hybridized carbons (Fsp3) is 0.286. The number of nitrogens with one attached hydrogen (secondary N) is 1. The van der Waals surface area contributed by atoms with Crippen molar-refractivity contribution in [3.63, 3.8) is 0 Å². The fourth-order valence-corrected chi connectivity index (χ4v) is 4.21. The van der Waals surface area contributed by atoms with Crippen LogP contribution in [0.3, 0.4) is 0 Å². The molecular weight excluding hydrogens is 392 g/mol. The molecule has 0 radical (unpaired) electrons. The molecule has 0 spiro atoms. The number of benzene rings is 1. The van der Waals surface area contributed by atoms with Crippen molar-refractivity contribution >= 4 is 40.2 Å². The Morgan fingerprint density at radius 1 is 1.18 bits per heavy atom. The van der Waals surface area contributed by atoms with Gasteiger partial charge in [0.25, 0.3) is 5.91 Å². The molecule has 0 aliphatic rings. The van der Waals surface area contributed by atoms with Crippen LogP contribution >= 0.6 is 22.7 Å². The van der Waals surface area contributed by atoms with E-state index < -0.39 is 5.97 Å². The molecule has 3 aromatic rings. The molecule has 0 unspecified atom stereocenters. The van der Waals surface area contributed by atoms with E-state index >= 15 is 0 Å². The van der Waals surface area contributed by atoms with Crippen molar-refractivity contribution < 1.29 is 14.3 Å². The second kappa shape index (κ2) is 9.61. The minimum absolute atomic E-state index is 0.0543. The lowest BCUT2D eigenvalue weighted by Crippen LogP contribution is -2.21. The molecule has 0 saturated heterocycles. The zero-order valence-corrected chi connectivity index (χ0v) is 17.4. The van der Waals surface area contributed by atoms with Crippen LogP contribution in [-0.4, -0.2) is 23.5 Å². The van der Waals surface area contributed by atoms with Crippen LogP contribution in [0.5, 0.6) is 0 Å². The normalized spacial score (nSPS) is 11.8. The third kappa shape index (κ3) is 5.50. The topological polar surface area (TPSA) is 68.3 Å². The molecule has 1 atom stereocenters. The molecule has 0 aliphatic carbocycles. The van der Waals surface area contributed by atoms with Gasteiger partial charge >= 0.3 is 5.97 Å². The van der Waals surface area contributed by atoms with Gasteiger partial charge in [0.05, 0.1) is 17.0 Å². The molecular formula is C21H22N2O3S2. The summed E-state index contributed by atoms with van der Waals surface area (Å²) in [7, 11) is 0. The molecule has 7 heteroatoms. The molecule has 2 heterocycles. The van der Waals surface area contributed by atoms with E-state index in [1.165, 1.54) is 16.9 Å². The Labute approximate surface area is 172 Å². The van der Waals surface area contributed by atoms with Crippen LogP contribution in [0.1, 0.15) is 37.4 Å². The molecule has 0 aliphatic heterocycles. The summed E-state index contributed by atoms with van der Waals surface area (Å²) in [6, 6.07) is 11.7. The second-order valence-corrected chi connectivity index (χ2v) is 8.24. The minimum Gasteiger partial charge on any atom is -0.455 e. The van der Waals surface area contributed by atoms with Crippen molar-refractivity contribution in [2.24, 2.45) is 0 Å². The van der Waals surface area contributed by atoms with Gasteiger partial charge in [-0.1, -0.05) is 32.0 Å². The number of thiophene rings is 1. The first-order valence-corrected chi connectivity index (χ1v) is 10.8. The van der Waals surface area contributed by atoms with Crippen molar-refractivity contribution in [1.29, 1.82) is 0 Å². The number of anilines is 1. The average molecular weight is 415 g/mol. The van der Waals surface area contributed by atoms with E-state index in [-0.39, 0.29) is 18.9 Å². The molecule has 146 valence electrons. The van der Waals surface area contributed by atoms with Gasteiger partial charge in [-0.25, -0.2) is 4.98 Å². The highest BCUT2D eigenvalue weighted by atomic mass is 32.1. The van der Waals surface area contributed by atoms with Crippen molar-refractivity contribution in [3.05, 3.63) is 58.4 Å². The first kappa shape index (κ1) is 20.2. The van der Waals surface area contributed by atoms with E-state index in [9.17, 15) is 9.59 Å².